The van der Waals surface area contributed by atoms with Crippen LogP contribution in [0.25, 0.3) is 17.1 Å². The van der Waals surface area contributed by atoms with Crippen molar-refractivity contribution < 1.29 is 13.9 Å². The lowest BCUT2D eigenvalue weighted by molar-refractivity contribution is -0.115. The Morgan fingerprint density at radius 2 is 1.78 bits per heavy atom. The van der Waals surface area contributed by atoms with Crippen molar-refractivity contribution in [3.8, 4) is 22.8 Å². The summed E-state index contributed by atoms with van der Waals surface area (Å²) in [6.45, 7) is 1.75. The van der Waals surface area contributed by atoms with E-state index in [4.69, 9.17) is 4.74 Å². The minimum atomic E-state index is -0.542. The van der Waals surface area contributed by atoms with Gasteiger partial charge in [-0.15, -0.1) is 10.2 Å². The van der Waals surface area contributed by atoms with Gasteiger partial charge in [-0.1, -0.05) is 54.2 Å². The minimum Gasteiger partial charge on any atom is -0.497 e. The Bertz CT molecular complexity index is 1230. The number of ether oxygens (including phenoxy) is 1. The lowest BCUT2D eigenvalue weighted by atomic mass is 10.2. The number of carbonyl (C=O) groups excluding carboxylic acids is 1. The summed E-state index contributed by atoms with van der Waals surface area (Å²) < 4.78 is 21.2. The van der Waals surface area contributed by atoms with E-state index in [2.05, 4.69) is 15.5 Å². The molecule has 3 aromatic carbocycles. The van der Waals surface area contributed by atoms with Gasteiger partial charge in [-0.25, -0.2) is 4.39 Å². The lowest BCUT2D eigenvalue weighted by Gasteiger charge is -2.14. The molecular formula is C24H21FN4O2S. The van der Waals surface area contributed by atoms with E-state index in [0.717, 1.165) is 11.3 Å². The van der Waals surface area contributed by atoms with Crippen LogP contribution >= 0.6 is 11.8 Å². The van der Waals surface area contributed by atoms with Crippen LogP contribution in [0.4, 0.5) is 10.1 Å². The molecule has 4 aromatic rings. The molecule has 8 heteroatoms. The molecule has 4 rings (SSSR count). The molecule has 0 fully saturated rings. The Labute approximate surface area is 189 Å². The van der Waals surface area contributed by atoms with E-state index in [1.807, 2.05) is 59.2 Å². The number of halogens is 1. The molecule has 0 saturated heterocycles. The Hall–Kier alpha value is -3.65. The van der Waals surface area contributed by atoms with Crippen molar-refractivity contribution in [1.29, 1.82) is 0 Å². The monoisotopic (exact) mass is 448 g/mol. The number of methoxy groups -OCH3 is 1. The molecule has 6 nitrogen and oxygen atoms in total. The first-order valence-electron chi connectivity index (χ1n) is 9.94. The van der Waals surface area contributed by atoms with Gasteiger partial charge in [0.1, 0.15) is 11.6 Å². The molecule has 1 atom stereocenters. The quantitative estimate of drug-likeness (QED) is 0.394. The Morgan fingerprint density at radius 1 is 1.03 bits per heavy atom. The molecule has 1 N–H and O–H groups in total. The van der Waals surface area contributed by atoms with E-state index >= 15 is 0 Å². The summed E-state index contributed by atoms with van der Waals surface area (Å²) in [5.41, 5.74) is 1.84. The highest BCUT2D eigenvalue weighted by atomic mass is 32.2. The molecule has 0 spiro atoms. The topological polar surface area (TPSA) is 69.0 Å². The molecule has 0 radical (unpaired) electrons. The maximum Gasteiger partial charge on any atom is 0.237 e. The average Bonchev–Trinajstić information content (AvgIpc) is 3.24. The summed E-state index contributed by atoms with van der Waals surface area (Å²) in [4.78, 5) is 12.7. The van der Waals surface area contributed by atoms with Crippen LogP contribution in [0.2, 0.25) is 0 Å². The second kappa shape index (κ2) is 9.65. The zero-order valence-electron chi connectivity index (χ0n) is 17.5. The number of benzene rings is 3. The fraction of sp³-hybridized carbons (Fsp3) is 0.125. The molecule has 1 unspecified atom stereocenters. The number of nitrogens with zero attached hydrogens (tertiary/aromatic N) is 3. The third-order valence-corrected chi connectivity index (χ3v) is 5.80. The summed E-state index contributed by atoms with van der Waals surface area (Å²) in [6, 6.07) is 23.3. The smallest absolute Gasteiger partial charge is 0.237 e. The minimum absolute atomic E-state index is 0.145. The summed E-state index contributed by atoms with van der Waals surface area (Å²) in [5, 5.41) is 11.4. The van der Waals surface area contributed by atoms with Gasteiger partial charge in [0.2, 0.25) is 5.91 Å². The van der Waals surface area contributed by atoms with Crippen molar-refractivity contribution in [2.24, 2.45) is 0 Å². The Kier molecular flexibility index (Phi) is 6.51. The number of carbonyl (C=O) groups is 1. The molecule has 0 aliphatic rings. The Morgan fingerprint density at radius 3 is 2.53 bits per heavy atom. The maximum atomic E-state index is 13.9. The van der Waals surface area contributed by atoms with Gasteiger partial charge in [-0.05, 0) is 43.3 Å². The van der Waals surface area contributed by atoms with Gasteiger partial charge in [-0.2, -0.15) is 0 Å². The molecule has 1 heterocycles. The molecule has 32 heavy (non-hydrogen) atoms. The molecule has 0 saturated carbocycles. The number of anilines is 1. The van der Waals surface area contributed by atoms with Crippen molar-refractivity contribution in [3.05, 3.63) is 84.7 Å². The first-order chi connectivity index (χ1) is 15.6. The summed E-state index contributed by atoms with van der Waals surface area (Å²) >= 11 is 1.25. The number of hydrogen-bond acceptors (Lipinski definition) is 5. The summed E-state index contributed by atoms with van der Waals surface area (Å²) in [6.07, 6.45) is 0. The number of aromatic nitrogens is 3. The number of para-hydroxylation sites is 2. The van der Waals surface area contributed by atoms with Crippen LogP contribution in [0.5, 0.6) is 5.75 Å². The van der Waals surface area contributed by atoms with Gasteiger partial charge in [0.05, 0.1) is 18.0 Å². The van der Waals surface area contributed by atoms with Crippen LogP contribution in [0.15, 0.2) is 84.0 Å². The molecular weight excluding hydrogens is 427 g/mol. The maximum absolute atomic E-state index is 13.9. The van der Waals surface area contributed by atoms with Crippen molar-refractivity contribution in [3.63, 3.8) is 0 Å². The SMILES string of the molecule is COc1cccc(-c2nnc(SC(C)C(=O)Nc3ccccc3F)n2-c2ccccc2)c1. The molecule has 1 aromatic heterocycles. The van der Waals surface area contributed by atoms with Crippen LogP contribution in [-0.2, 0) is 4.79 Å². The third kappa shape index (κ3) is 4.65. The van der Waals surface area contributed by atoms with E-state index in [1.165, 1.54) is 23.9 Å². The number of hydrogen-bond donors (Lipinski definition) is 1. The van der Waals surface area contributed by atoms with Crippen LogP contribution in [0.1, 0.15) is 6.92 Å². The highest BCUT2D eigenvalue weighted by Crippen LogP contribution is 2.31. The van der Waals surface area contributed by atoms with Crippen LogP contribution in [0, 0.1) is 5.82 Å². The highest BCUT2D eigenvalue weighted by molar-refractivity contribution is 8.00. The van der Waals surface area contributed by atoms with E-state index < -0.39 is 11.1 Å². The second-order valence-electron chi connectivity index (χ2n) is 6.94. The molecule has 0 aliphatic carbocycles. The summed E-state index contributed by atoms with van der Waals surface area (Å²) in [5.74, 6) is 0.521. The summed E-state index contributed by atoms with van der Waals surface area (Å²) in [7, 11) is 1.61. The van der Waals surface area contributed by atoms with Crippen LogP contribution in [0.3, 0.4) is 0 Å². The number of amides is 1. The standard InChI is InChI=1S/C24H21FN4O2S/c1-16(23(30)26-21-14-7-6-13-20(21)25)32-24-28-27-22(17-9-8-12-19(15-17)31-2)29(24)18-10-4-3-5-11-18/h3-16H,1-2H3,(H,26,30). The van der Waals surface area contributed by atoms with Crippen LogP contribution < -0.4 is 10.1 Å². The van der Waals surface area contributed by atoms with Gasteiger partial charge in [0, 0.05) is 11.3 Å². The predicted octanol–water partition coefficient (Wildman–Crippen LogP) is 5.20. The number of nitrogens with one attached hydrogen (secondary N) is 1. The van der Waals surface area contributed by atoms with Gasteiger partial charge < -0.3 is 10.1 Å². The van der Waals surface area contributed by atoms with Gasteiger partial charge in [0.15, 0.2) is 11.0 Å². The lowest BCUT2D eigenvalue weighted by Crippen LogP contribution is -2.23. The molecule has 0 bridgehead atoms. The van der Waals surface area contributed by atoms with E-state index in [1.54, 1.807) is 26.2 Å². The molecule has 162 valence electrons. The fourth-order valence-electron chi connectivity index (χ4n) is 3.11. The fourth-order valence-corrected chi connectivity index (χ4v) is 3.98. The van der Waals surface area contributed by atoms with E-state index in [9.17, 15) is 9.18 Å². The first-order valence-corrected chi connectivity index (χ1v) is 10.8. The van der Waals surface area contributed by atoms with E-state index in [-0.39, 0.29) is 11.6 Å². The zero-order chi connectivity index (χ0) is 22.5. The first kappa shape index (κ1) is 21.6. The molecule has 1 amide bonds. The highest BCUT2D eigenvalue weighted by Gasteiger charge is 2.22. The third-order valence-electron chi connectivity index (χ3n) is 4.76. The largest absolute Gasteiger partial charge is 0.497 e. The van der Waals surface area contributed by atoms with Gasteiger partial charge in [0.25, 0.3) is 0 Å². The molecule has 0 aliphatic heterocycles. The van der Waals surface area contributed by atoms with Crippen molar-refractivity contribution in [2.45, 2.75) is 17.3 Å². The van der Waals surface area contributed by atoms with Gasteiger partial charge >= 0.3 is 0 Å². The van der Waals surface area contributed by atoms with Crippen molar-refractivity contribution in [2.75, 3.05) is 12.4 Å². The van der Waals surface area contributed by atoms with Crippen molar-refractivity contribution in [1.82, 2.24) is 14.8 Å². The van der Waals surface area contributed by atoms with E-state index in [0.29, 0.717) is 16.7 Å². The second-order valence-corrected chi connectivity index (χ2v) is 8.25. The normalized spacial score (nSPS) is 11.7. The number of thioether (sulfide) groups is 1. The number of rotatable bonds is 7. The average molecular weight is 449 g/mol. The van der Waals surface area contributed by atoms with Crippen molar-refractivity contribution >= 4 is 23.4 Å². The van der Waals surface area contributed by atoms with Gasteiger partial charge in [-0.3, -0.25) is 9.36 Å². The Balaban J connectivity index is 1.66. The van der Waals surface area contributed by atoms with Crippen LogP contribution in [-0.4, -0.2) is 33.0 Å². The predicted molar refractivity (Wildman–Crippen MR) is 124 cm³/mol. The zero-order valence-corrected chi connectivity index (χ0v) is 18.3.